The minimum Gasteiger partial charge on any atom is -0.480 e. The van der Waals surface area contributed by atoms with E-state index in [1.54, 1.807) is 0 Å². The Bertz CT molecular complexity index is 929. The number of rotatable bonds is 17. The topological polar surface area (TPSA) is 264 Å². The Kier molecular flexibility index (Phi) is 16.0. The lowest BCUT2D eigenvalue weighted by atomic mass is 10.1. The van der Waals surface area contributed by atoms with Gasteiger partial charge in [0.25, 0.3) is 0 Å². The summed E-state index contributed by atoms with van der Waals surface area (Å²) in [4.78, 5) is 85.0. The van der Waals surface area contributed by atoms with Gasteiger partial charge in [-0.25, -0.2) is 4.79 Å². The second-order valence-electron chi connectivity index (χ2n) is 9.62. The fraction of sp³-hybridized carbons (Fsp3) is 0.708. The van der Waals surface area contributed by atoms with Gasteiger partial charge in [0.15, 0.2) is 0 Å². The van der Waals surface area contributed by atoms with Crippen LogP contribution in [0, 0.1) is 0 Å². The fourth-order valence-corrected chi connectivity index (χ4v) is 3.07. The maximum Gasteiger partial charge on any atom is 0.326 e. The quantitative estimate of drug-likeness (QED) is 0.0778. The molecule has 0 aliphatic carbocycles. The summed E-state index contributed by atoms with van der Waals surface area (Å²) in [5.41, 5.74) is 10.8. The van der Waals surface area contributed by atoms with Crippen molar-refractivity contribution < 1.29 is 38.7 Å². The van der Waals surface area contributed by atoms with E-state index in [4.69, 9.17) is 11.5 Å². The Morgan fingerprint density at radius 2 is 0.850 bits per heavy atom. The SMILES string of the molecule is CC(N)C(=O)NC(C)C(=O)NC(C)C(=O)NC(C)C(=O)NC(C)C(=O)NC(C)C(=O)NC(CCCCN)C(=O)O. The van der Waals surface area contributed by atoms with E-state index in [9.17, 15) is 38.7 Å². The van der Waals surface area contributed by atoms with E-state index in [1.807, 2.05) is 0 Å². The van der Waals surface area contributed by atoms with E-state index >= 15 is 0 Å². The van der Waals surface area contributed by atoms with Gasteiger partial charge in [0.05, 0.1) is 6.04 Å². The summed E-state index contributed by atoms with van der Waals surface area (Å²) in [5, 5.41) is 23.7. The number of hydrogen-bond acceptors (Lipinski definition) is 9. The first-order valence-corrected chi connectivity index (χ1v) is 13.0. The van der Waals surface area contributed by atoms with Gasteiger partial charge in [0.2, 0.25) is 35.4 Å². The zero-order chi connectivity index (χ0) is 31.2. The molecule has 16 nitrogen and oxygen atoms in total. The molecule has 0 fully saturated rings. The molecule has 0 spiro atoms. The molecule has 0 heterocycles. The maximum absolute atomic E-state index is 12.5. The highest BCUT2D eigenvalue weighted by atomic mass is 16.4. The minimum atomic E-state index is -1.21. The van der Waals surface area contributed by atoms with Gasteiger partial charge in [-0.05, 0) is 67.3 Å². The summed E-state index contributed by atoms with van der Waals surface area (Å²) >= 11 is 0. The van der Waals surface area contributed by atoms with Crippen molar-refractivity contribution in [1.29, 1.82) is 0 Å². The van der Waals surface area contributed by atoms with E-state index in [1.165, 1.54) is 41.5 Å². The smallest absolute Gasteiger partial charge is 0.326 e. The predicted molar refractivity (Wildman–Crippen MR) is 144 cm³/mol. The molecule has 0 aliphatic rings. The van der Waals surface area contributed by atoms with Gasteiger partial charge < -0.3 is 48.5 Å². The Hall–Kier alpha value is -3.79. The molecule has 228 valence electrons. The van der Waals surface area contributed by atoms with Gasteiger partial charge in [-0.3, -0.25) is 28.8 Å². The van der Waals surface area contributed by atoms with Gasteiger partial charge in [0.1, 0.15) is 36.3 Å². The normalized spacial score (nSPS) is 16.0. The summed E-state index contributed by atoms with van der Waals surface area (Å²) < 4.78 is 0. The van der Waals surface area contributed by atoms with E-state index in [0.29, 0.717) is 19.4 Å². The van der Waals surface area contributed by atoms with Crippen LogP contribution in [0.1, 0.15) is 60.8 Å². The molecule has 0 saturated heterocycles. The molecule has 0 radical (unpaired) electrons. The number of nitrogens with two attached hydrogens (primary N) is 2. The zero-order valence-corrected chi connectivity index (χ0v) is 23.8. The largest absolute Gasteiger partial charge is 0.480 e. The van der Waals surface area contributed by atoms with Crippen LogP contribution in [0.25, 0.3) is 0 Å². The number of carbonyl (C=O) groups is 7. The van der Waals surface area contributed by atoms with Crippen LogP contribution in [0.2, 0.25) is 0 Å². The maximum atomic E-state index is 12.5. The molecule has 6 amide bonds. The van der Waals surface area contributed by atoms with Gasteiger partial charge >= 0.3 is 5.97 Å². The second kappa shape index (κ2) is 17.7. The molecule has 0 aromatic rings. The number of carboxylic acids is 1. The van der Waals surface area contributed by atoms with Gasteiger partial charge in [-0.2, -0.15) is 0 Å². The number of hydrogen-bond donors (Lipinski definition) is 9. The molecule has 0 aromatic carbocycles. The molecule has 40 heavy (non-hydrogen) atoms. The molecule has 7 atom stereocenters. The summed E-state index contributed by atoms with van der Waals surface area (Å²) in [6.07, 6.45) is 1.28. The van der Waals surface area contributed by atoms with Crippen LogP contribution in [0.3, 0.4) is 0 Å². The monoisotopic (exact) mass is 572 g/mol. The van der Waals surface area contributed by atoms with Crippen LogP contribution >= 0.6 is 0 Å². The summed E-state index contributed by atoms with van der Waals surface area (Å²) in [5.74, 6) is -5.22. The number of amides is 6. The highest BCUT2D eigenvalue weighted by molar-refractivity contribution is 5.96. The summed E-state index contributed by atoms with van der Waals surface area (Å²) in [6.45, 7) is 8.73. The average molecular weight is 573 g/mol. The molecule has 7 unspecified atom stereocenters. The summed E-state index contributed by atoms with van der Waals surface area (Å²) in [7, 11) is 0. The third-order valence-electron chi connectivity index (χ3n) is 5.74. The lowest BCUT2D eigenvalue weighted by Crippen LogP contribution is -2.57. The van der Waals surface area contributed by atoms with Crippen molar-refractivity contribution in [3.05, 3.63) is 0 Å². The molecule has 0 aromatic heterocycles. The van der Waals surface area contributed by atoms with Crippen molar-refractivity contribution in [2.75, 3.05) is 6.54 Å². The number of carboxylic acid groups (broad SMARTS) is 1. The Morgan fingerprint density at radius 1 is 0.550 bits per heavy atom. The van der Waals surface area contributed by atoms with Crippen LogP contribution in [0.4, 0.5) is 0 Å². The fourth-order valence-electron chi connectivity index (χ4n) is 3.07. The first-order chi connectivity index (χ1) is 18.5. The Balaban J connectivity index is 4.77. The lowest BCUT2D eigenvalue weighted by Gasteiger charge is -2.23. The van der Waals surface area contributed by atoms with Crippen LogP contribution in [0.15, 0.2) is 0 Å². The van der Waals surface area contributed by atoms with E-state index in [0.717, 1.165) is 0 Å². The highest BCUT2D eigenvalue weighted by Gasteiger charge is 2.28. The van der Waals surface area contributed by atoms with Crippen molar-refractivity contribution >= 4 is 41.4 Å². The predicted octanol–water partition coefficient (Wildman–Crippen LogP) is -3.44. The minimum absolute atomic E-state index is 0.181. The van der Waals surface area contributed by atoms with E-state index in [2.05, 4.69) is 31.9 Å². The first-order valence-electron chi connectivity index (χ1n) is 13.0. The van der Waals surface area contributed by atoms with Crippen molar-refractivity contribution in [2.24, 2.45) is 11.5 Å². The number of carbonyl (C=O) groups excluding carboxylic acids is 6. The first kappa shape index (κ1) is 36.2. The third-order valence-corrected chi connectivity index (χ3v) is 5.74. The van der Waals surface area contributed by atoms with Crippen molar-refractivity contribution in [2.45, 2.75) is 103 Å². The van der Waals surface area contributed by atoms with Gasteiger partial charge in [-0.1, -0.05) is 0 Å². The molecular formula is C24H44N8O8. The average Bonchev–Trinajstić information content (AvgIpc) is 2.87. The third kappa shape index (κ3) is 13.3. The second-order valence-corrected chi connectivity index (χ2v) is 9.62. The van der Waals surface area contributed by atoms with Crippen LogP contribution in [-0.4, -0.2) is 95.4 Å². The number of nitrogens with one attached hydrogen (secondary N) is 6. The molecule has 16 heteroatoms. The number of aliphatic carboxylic acids is 1. The van der Waals surface area contributed by atoms with Crippen LogP contribution in [0.5, 0.6) is 0 Å². The summed E-state index contributed by atoms with van der Waals surface area (Å²) in [6, 6.07) is -7.25. The Labute approximate surface area is 233 Å². The van der Waals surface area contributed by atoms with Crippen molar-refractivity contribution in [3.8, 4) is 0 Å². The van der Waals surface area contributed by atoms with E-state index < -0.39 is 83.7 Å². The molecule has 0 bridgehead atoms. The van der Waals surface area contributed by atoms with Gasteiger partial charge in [-0.15, -0.1) is 0 Å². The van der Waals surface area contributed by atoms with Crippen molar-refractivity contribution in [1.82, 2.24) is 31.9 Å². The molecule has 11 N–H and O–H groups in total. The van der Waals surface area contributed by atoms with Crippen LogP contribution < -0.4 is 43.4 Å². The molecular weight excluding hydrogens is 528 g/mol. The molecule has 0 saturated carbocycles. The molecule has 0 aliphatic heterocycles. The standard InChI is InChI=1S/C24H44N8O8/c1-11(26)18(33)27-12(2)19(34)28-13(3)20(35)29-14(4)21(36)30-15(5)22(37)31-16(6)23(38)32-17(24(39)40)9-7-8-10-25/h11-17H,7-10,25-26H2,1-6H3,(H,27,33)(H,28,34)(H,29,35)(H,30,36)(H,31,37)(H,32,38)(H,39,40). The van der Waals surface area contributed by atoms with Crippen molar-refractivity contribution in [3.63, 3.8) is 0 Å². The molecule has 0 rings (SSSR count). The number of unbranched alkanes of at least 4 members (excludes halogenated alkanes) is 1. The van der Waals surface area contributed by atoms with Crippen LogP contribution in [-0.2, 0) is 33.6 Å². The zero-order valence-electron chi connectivity index (χ0n) is 23.8. The highest BCUT2D eigenvalue weighted by Crippen LogP contribution is 2.02. The van der Waals surface area contributed by atoms with Gasteiger partial charge in [0, 0.05) is 0 Å². The van der Waals surface area contributed by atoms with E-state index in [-0.39, 0.29) is 6.42 Å². The Morgan fingerprint density at radius 3 is 1.12 bits per heavy atom. The lowest BCUT2D eigenvalue weighted by molar-refractivity contribution is -0.142.